The van der Waals surface area contributed by atoms with Gasteiger partial charge >= 0.3 is 0 Å². The Balaban J connectivity index is 0.00000380. The van der Waals surface area contributed by atoms with Gasteiger partial charge in [-0.05, 0) is 54.4 Å². The maximum atomic E-state index is 13.7. The molecule has 9 nitrogen and oxygen atoms in total. The third kappa shape index (κ3) is 6.76. The van der Waals surface area contributed by atoms with Gasteiger partial charge < -0.3 is 15.5 Å². The van der Waals surface area contributed by atoms with Crippen LogP contribution in [0.3, 0.4) is 0 Å². The highest BCUT2D eigenvalue weighted by Crippen LogP contribution is 2.27. The number of aromatic nitrogens is 2. The van der Waals surface area contributed by atoms with Gasteiger partial charge in [0.15, 0.2) is 0 Å². The molecule has 37 heavy (non-hydrogen) atoms. The van der Waals surface area contributed by atoms with E-state index in [1.54, 1.807) is 27.7 Å². The van der Waals surface area contributed by atoms with Crippen LogP contribution in [0.15, 0.2) is 36.5 Å². The van der Waals surface area contributed by atoms with Crippen molar-refractivity contribution in [1.29, 1.82) is 0 Å². The summed E-state index contributed by atoms with van der Waals surface area (Å²) in [6, 6.07) is 8.67. The average Bonchev–Trinajstić information content (AvgIpc) is 3.41. The first kappa shape index (κ1) is 28.4. The molecule has 3 aromatic rings. The standard InChI is InChI=1S/C26H34FN7O2.ClH/c1-5-28-8-9-29-25(35)16-33(24-12-23-21(10-18(24)2)13-31(3)30-23)17-26(36)32(4)34-14-19-6-7-22(27)11-20(19)15-34;/h6-7,10-13,28H,5,8-9,14-17H2,1-4H3,(H,29,35);1H. The lowest BCUT2D eigenvalue weighted by molar-refractivity contribution is -0.145. The Bertz CT molecular complexity index is 1270. The van der Waals surface area contributed by atoms with Crippen LogP contribution in [0.1, 0.15) is 23.6 Å². The fraction of sp³-hybridized carbons (Fsp3) is 0.423. The number of fused-ring (bicyclic) bond motifs is 2. The first-order valence-electron chi connectivity index (χ1n) is 12.2. The smallest absolute Gasteiger partial charge is 0.256 e. The van der Waals surface area contributed by atoms with Crippen LogP contribution in [0.25, 0.3) is 10.9 Å². The average molecular weight is 532 g/mol. The van der Waals surface area contributed by atoms with E-state index in [4.69, 9.17) is 0 Å². The molecule has 0 atom stereocenters. The largest absolute Gasteiger partial charge is 0.353 e. The molecule has 1 aromatic heterocycles. The van der Waals surface area contributed by atoms with Gasteiger partial charge in [-0.25, -0.2) is 9.40 Å². The number of nitrogens with zero attached hydrogens (tertiary/aromatic N) is 5. The molecule has 2 N–H and O–H groups in total. The number of halogens is 2. The molecule has 0 bridgehead atoms. The van der Waals surface area contributed by atoms with Gasteiger partial charge in [0.2, 0.25) is 5.91 Å². The molecule has 2 amide bonds. The molecule has 0 saturated carbocycles. The number of carbonyl (C=O) groups is 2. The highest BCUT2D eigenvalue weighted by molar-refractivity contribution is 5.90. The Hall–Kier alpha value is -3.21. The van der Waals surface area contributed by atoms with Gasteiger partial charge in [0.05, 0.1) is 18.6 Å². The molecule has 1 aliphatic heterocycles. The number of aryl methyl sites for hydroxylation is 2. The van der Waals surface area contributed by atoms with Gasteiger partial charge in [-0.3, -0.25) is 19.3 Å². The number of amides is 2. The summed E-state index contributed by atoms with van der Waals surface area (Å²) in [5.74, 6) is -0.603. The number of nitrogens with one attached hydrogen (secondary N) is 2. The number of hydrogen-bond acceptors (Lipinski definition) is 6. The van der Waals surface area contributed by atoms with Crippen LogP contribution in [0, 0.1) is 12.7 Å². The lowest BCUT2D eigenvalue weighted by Gasteiger charge is -2.32. The Labute approximate surface area is 223 Å². The SMILES string of the molecule is CCNCCNC(=O)CN(CC(=O)N(C)N1Cc2ccc(F)cc2C1)c1cc2nn(C)cc2cc1C.Cl. The Morgan fingerprint density at radius 1 is 1.11 bits per heavy atom. The van der Waals surface area contributed by atoms with E-state index in [-0.39, 0.29) is 43.1 Å². The number of hydrazine groups is 1. The zero-order chi connectivity index (χ0) is 25.8. The summed E-state index contributed by atoms with van der Waals surface area (Å²) in [4.78, 5) is 28.0. The van der Waals surface area contributed by atoms with Gasteiger partial charge in [-0.2, -0.15) is 5.10 Å². The predicted molar refractivity (Wildman–Crippen MR) is 145 cm³/mol. The van der Waals surface area contributed by atoms with Crippen molar-refractivity contribution in [1.82, 2.24) is 30.4 Å². The second kappa shape index (κ2) is 12.4. The lowest BCUT2D eigenvalue weighted by atomic mass is 10.1. The van der Waals surface area contributed by atoms with Crippen molar-refractivity contribution < 1.29 is 14.0 Å². The van der Waals surface area contributed by atoms with E-state index in [2.05, 4.69) is 15.7 Å². The minimum atomic E-state index is -0.281. The van der Waals surface area contributed by atoms with Crippen molar-refractivity contribution in [3.63, 3.8) is 0 Å². The quantitative estimate of drug-likeness (QED) is 0.391. The molecule has 0 aliphatic carbocycles. The van der Waals surface area contributed by atoms with E-state index in [0.29, 0.717) is 26.2 Å². The van der Waals surface area contributed by atoms with Crippen molar-refractivity contribution in [2.75, 3.05) is 44.7 Å². The molecule has 0 spiro atoms. The molecule has 2 heterocycles. The minimum absolute atomic E-state index is 0. The summed E-state index contributed by atoms with van der Waals surface area (Å²) in [6.07, 6.45) is 1.94. The summed E-state index contributed by atoms with van der Waals surface area (Å²) >= 11 is 0. The highest BCUT2D eigenvalue weighted by atomic mass is 35.5. The summed E-state index contributed by atoms with van der Waals surface area (Å²) in [5.41, 5.74) is 4.42. The van der Waals surface area contributed by atoms with Crippen molar-refractivity contribution in [2.24, 2.45) is 7.05 Å². The van der Waals surface area contributed by atoms with Crippen LogP contribution in [0.4, 0.5) is 10.1 Å². The fourth-order valence-corrected chi connectivity index (χ4v) is 4.54. The summed E-state index contributed by atoms with van der Waals surface area (Å²) in [5, 5.41) is 15.1. The lowest BCUT2D eigenvalue weighted by Crippen LogP contribution is -2.48. The molecular weight excluding hydrogens is 497 g/mol. The number of benzene rings is 2. The summed E-state index contributed by atoms with van der Waals surface area (Å²) in [7, 11) is 3.58. The Morgan fingerprint density at radius 3 is 2.62 bits per heavy atom. The molecule has 0 unspecified atom stereocenters. The van der Waals surface area contributed by atoms with E-state index in [1.807, 2.05) is 44.2 Å². The van der Waals surface area contributed by atoms with Crippen LogP contribution in [-0.2, 0) is 29.7 Å². The van der Waals surface area contributed by atoms with Gasteiger partial charge in [0.1, 0.15) is 5.82 Å². The van der Waals surface area contributed by atoms with Gasteiger partial charge in [-0.15, -0.1) is 12.4 Å². The molecule has 2 aromatic carbocycles. The van der Waals surface area contributed by atoms with E-state index in [1.165, 1.54) is 12.1 Å². The van der Waals surface area contributed by atoms with E-state index in [9.17, 15) is 14.0 Å². The van der Waals surface area contributed by atoms with Gasteiger partial charge in [0.25, 0.3) is 5.91 Å². The monoisotopic (exact) mass is 531 g/mol. The van der Waals surface area contributed by atoms with Crippen LogP contribution in [-0.4, -0.2) is 71.4 Å². The first-order valence-corrected chi connectivity index (χ1v) is 12.2. The third-order valence-electron chi connectivity index (χ3n) is 6.47. The fourth-order valence-electron chi connectivity index (χ4n) is 4.54. The van der Waals surface area contributed by atoms with Crippen molar-refractivity contribution >= 4 is 40.8 Å². The van der Waals surface area contributed by atoms with Gasteiger partial charge in [0, 0.05) is 57.5 Å². The van der Waals surface area contributed by atoms with Crippen LogP contribution in [0.2, 0.25) is 0 Å². The third-order valence-corrected chi connectivity index (χ3v) is 6.47. The normalized spacial score (nSPS) is 12.8. The molecular formula is C26H35ClFN7O2. The zero-order valence-electron chi connectivity index (χ0n) is 21.8. The van der Waals surface area contributed by atoms with Crippen molar-refractivity contribution in [3.8, 4) is 0 Å². The van der Waals surface area contributed by atoms with E-state index < -0.39 is 0 Å². The van der Waals surface area contributed by atoms with E-state index in [0.717, 1.165) is 39.8 Å². The summed E-state index contributed by atoms with van der Waals surface area (Å²) in [6.45, 7) is 7.04. The molecule has 0 fully saturated rings. The molecule has 4 rings (SSSR count). The first-order chi connectivity index (χ1) is 17.2. The van der Waals surface area contributed by atoms with Crippen LogP contribution < -0.4 is 15.5 Å². The maximum absolute atomic E-state index is 13.7. The highest BCUT2D eigenvalue weighted by Gasteiger charge is 2.27. The number of anilines is 1. The van der Waals surface area contributed by atoms with Crippen molar-refractivity contribution in [3.05, 3.63) is 59.0 Å². The Kier molecular flexibility index (Phi) is 9.47. The number of carbonyl (C=O) groups excluding carboxylic acids is 2. The molecule has 200 valence electrons. The molecule has 0 radical (unpaired) electrons. The molecule has 11 heteroatoms. The van der Waals surface area contributed by atoms with Crippen molar-refractivity contribution in [2.45, 2.75) is 26.9 Å². The summed E-state index contributed by atoms with van der Waals surface area (Å²) < 4.78 is 15.4. The Morgan fingerprint density at radius 2 is 1.86 bits per heavy atom. The van der Waals surface area contributed by atoms with Gasteiger partial charge in [-0.1, -0.05) is 13.0 Å². The molecule has 1 aliphatic rings. The second-order valence-corrected chi connectivity index (χ2v) is 9.21. The van der Waals surface area contributed by atoms with E-state index >= 15 is 0 Å². The predicted octanol–water partition coefficient (Wildman–Crippen LogP) is 2.36. The number of rotatable bonds is 10. The molecule has 0 saturated heterocycles. The maximum Gasteiger partial charge on any atom is 0.256 e. The van der Waals surface area contributed by atoms with Crippen LogP contribution in [0.5, 0.6) is 0 Å². The second-order valence-electron chi connectivity index (χ2n) is 9.21. The minimum Gasteiger partial charge on any atom is -0.353 e. The number of hydrogen-bond donors (Lipinski definition) is 2. The number of likely N-dealkylation sites (N-methyl/N-ethyl adjacent to an activating group) is 2. The zero-order valence-corrected chi connectivity index (χ0v) is 22.6. The van der Waals surface area contributed by atoms with Crippen LogP contribution >= 0.6 is 12.4 Å². The topological polar surface area (TPSA) is 85.7 Å².